The van der Waals surface area contributed by atoms with Crippen LogP contribution >= 0.6 is 11.8 Å². The second-order valence-corrected chi connectivity index (χ2v) is 11.0. The third kappa shape index (κ3) is 6.64. The number of thioether (sulfide) groups is 1. The standard InChI is InChI=1S/C34H33N3O2S/c1-25-11-9-14-27(21-25)24-37-30-23-28(33(38)35-19-10-20-36(2)29-15-7-4-8-16-29)17-18-31(30)40-32(34(37)39)22-26-12-5-3-6-13-26/h3-9,11-18,21-23H,10,19-20,24H2,1-2H3,(H,35,38). The first-order valence-electron chi connectivity index (χ1n) is 13.5. The molecule has 4 aromatic carbocycles. The Labute approximate surface area is 240 Å². The number of hydrogen-bond acceptors (Lipinski definition) is 4. The second-order valence-electron chi connectivity index (χ2n) is 9.95. The summed E-state index contributed by atoms with van der Waals surface area (Å²) < 4.78 is 0. The molecule has 0 aromatic heterocycles. The van der Waals surface area contributed by atoms with E-state index in [1.54, 1.807) is 4.90 Å². The Balaban J connectivity index is 1.34. The van der Waals surface area contributed by atoms with Crippen LogP contribution in [-0.4, -0.2) is 32.0 Å². The molecule has 1 heterocycles. The van der Waals surface area contributed by atoms with Crippen molar-refractivity contribution in [2.75, 3.05) is 29.9 Å². The number of aryl methyl sites for hydroxylation is 1. The summed E-state index contributed by atoms with van der Waals surface area (Å²) in [5.74, 6) is -0.201. The van der Waals surface area contributed by atoms with E-state index >= 15 is 0 Å². The van der Waals surface area contributed by atoms with Gasteiger partial charge in [0.25, 0.3) is 11.8 Å². The molecule has 5 nitrogen and oxygen atoms in total. The molecule has 2 amide bonds. The summed E-state index contributed by atoms with van der Waals surface area (Å²) in [6.45, 7) is 3.88. The van der Waals surface area contributed by atoms with Crippen LogP contribution in [0.1, 0.15) is 33.5 Å². The number of para-hydroxylation sites is 1. The van der Waals surface area contributed by atoms with E-state index in [1.165, 1.54) is 11.8 Å². The molecule has 0 atom stereocenters. The first-order chi connectivity index (χ1) is 19.5. The molecule has 0 bridgehead atoms. The molecule has 5 rings (SSSR count). The first kappa shape index (κ1) is 27.3. The second kappa shape index (κ2) is 12.7. The highest BCUT2D eigenvalue weighted by Crippen LogP contribution is 2.43. The molecule has 1 aliphatic heterocycles. The minimum Gasteiger partial charge on any atom is -0.375 e. The summed E-state index contributed by atoms with van der Waals surface area (Å²) in [5.41, 5.74) is 5.63. The summed E-state index contributed by atoms with van der Waals surface area (Å²) in [4.78, 5) is 32.5. The van der Waals surface area contributed by atoms with Gasteiger partial charge in [-0.3, -0.25) is 9.59 Å². The highest BCUT2D eigenvalue weighted by Gasteiger charge is 2.30. The van der Waals surface area contributed by atoms with Gasteiger partial charge >= 0.3 is 0 Å². The number of anilines is 2. The number of nitrogens with zero attached hydrogens (tertiary/aromatic N) is 2. The smallest absolute Gasteiger partial charge is 0.265 e. The van der Waals surface area contributed by atoms with E-state index in [0.717, 1.165) is 45.9 Å². The van der Waals surface area contributed by atoms with Crippen LogP contribution in [0.3, 0.4) is 0 Å². The maximum atomic E-state index is 13.8. The predicted molar refractivity (Wildman–Crippen MR) is 166 cm³/mol. The Kier molecular flexibility index (Phi) is 8.67. The van der Waals surface area contributed by atoms with E-state index in [2.05, 4.69) is 35.5 Å². The highest BCUT2D eigenvalue weighted by molar-refractivity contribution is 8.04. The van der Waals surface area contributed by atoms with Crippen molar-refractivity contribution in [3.8, 4) is 0 Å². The van der Waals surface area contributed by atoms with Gasteiger partial charge in [-0.15, -0.1) is 0 Å². The van der Waals surface area contributed by atoms with Crippen LogP contribution < -0.4 is 15.1 Å². The fraction of sp³-hybridized carbons (Fsp3) is 0.176. The quantitative estimate of drug-likeness (QED) is 0.182. The molecule has 0 unspecified atom stereocenters. The number of benzene rings is 4. The molecule has 0 aliphatic carbocycles. The van der Waals surface area contributed by atoms with E-state index in [9.17, 15) is 9.59 Å². The van der Waals surface area contributed by atoms with Crippen LogP contribution in [-0.2, 0) is 11.3 Å². The molecule has 0 saturated carbocycles. The Morgan fingerprint density at radius 2 is 1.68 bits per heavy atom. The number of amides is 2. The van der Waals surface area contributed by atoms with Crippen LogP contribution in [0, 0.1) is 6.92 Å². The maximum Gasteiger partial charge on any atom is 0.265 e. The summed E-state index contributed by atoms with van der Waals surface area (Å²) in [6, 6.07) is 33.9. The molecule has 40 heavy (non-hydrogen) atoms. The van der Waals surface area contributed by atoms with E-state index in [1.807, 2.05) is 97.9 Å². The van der Waals surface area contributed by atoms with E-state index in [4.69, 9.17) is 0 Å². The minimum atomic E-state index is -0.135. The highest BCUT2D eigenvalue weighted by atomic mass is 32.2. The lowest BCUT2D eigenvalue weighted by atomic mass is 10.1. The van der Waals surface area contributed by atoms with Crippen LogP contribution in [0.4, 0.5) is 11.4 Å². The number of carbonyl (C=O) groups excluding carboxylic acids is 2. The summed E-state index contributed by atoms with van der Waals surface area (Å²) >= 11 is 1.45. The molecule has 0 saturated heterocycles. The Hall–Kier alpha value is -4.29. The van der Waals surface area contributed by atoms with Gasteiger partial charge in [-0.2, -0.15) is 0 Å². The summed E-state index contributed by atoms with van der Waals surface area (Å²) in [7, 11) is 2.05. The van der Waals surface area contributed by atoms with Gasteiger partial charge in [0.1, 0.15) is 0 Å². The van der Waals surface area contributed by atoms with Crippen LogP contribution in [0.25, 0.3) is 6.08 Å². The lowest BCUT2D eigenvalue weighted by Crippen LogP contribution is -2.34. The number of hydrogen-bond donors (Lipinski definition) is 1. The third-order valence-corrected chi connectivity index (χ3v) is 7.94. The van der Waals surface area contributed by atoms with Crippen LogP contribution in [0.5, 0.6) is 0 Å². The van der Waals surface area contributed by atoms with Gasteiger partial charge < -0.3 is 15.1 Å². The molecule has 0 spiro atoms. The Morgan fingerprint density at radius 1 is 0.925 bits per heavy atom. The van der Waals surface area contributed by atoms with Gasteiger partial charge in [0.2, 0.25) is 0 Å². The fourth-order valence-corrected chi connectivity index (χ4v) is 5.77. The zero-order valence-corrected chi connectivity index (χ0v) is 23.7. The third-order valence-electron chi connectivity index (χ3n) is 6.86. The number of carbonyl (C=O) groups is 2. The average Bonchev–Trinajstić information content (AvgIpc) is 2.98. The van der Waals surface area contributed by atoms with Crippen molar-refractivity contribution in [2.24, 2.45) is 0 Å². The fourth-order valence-electron chi connectivity index (χ4n) is 4.73. The van der Waals surface area contributed by atoms with Crippen LogP contribution in [0.15, 0.2) is 113 Å². The normalized spacial score (nSPS) is 13.7. The Bertz CT molecular complexity index is 1520. The van der Waals surface area contributed by atoms with Gasteiger partial charge in [0.15, 0.2) is 0 Å². The lowest BCUT2D eigenvalue weighted by Gasteiger charge is -2.31. The van der Waals surface area contributed by atoms with E-state index in [-0.39, 0.29) is 11.8 Å². The van der Waals surface area contributed by atoms with Gasteiger partial charge in [0, 0.05) is 36.3 Å². The van der Waals surface area contributed by atoms with Crippen molar-refractivity contribution < 1.29 is 9.59 Å². The van der Waals surface area contributed by atoms with Crippen molar-refractivity contribution in [1.82, 2.24) is 5.32 Å². The van der Waals surface area contributed by atoms with Gasteiger partial charge in [0.05, 0.1) is 17.1 Å². The molecule has 202 valence electrons. The van der Waals surface area contributed by atoms with E-state index in [0.29, 0.717) is 23.6 Å². The molecule has 0 radical (unpaired) electrons. The number of nitrogens with one attached hydrogen (secondary N) is 1. The SMILES string of the molecule is Cc1cccc(CN2C(=O)C(=Cc3ccccc3)Sc3ccc(C(=O)NCCCN(C)c4ccccc4)cc32)c1. The molecular weight excluding hydrogens is 514 g/mol. The number of rotatable bonds is 9. The van der Waals surface area contributed by atoms with Crippen molar-refractivity contribution in [3.63, 3.8) is 0 Å². The van der Waals surface area contributed by atoms with Gasteiger partial charge in [-0.05, 0) is 60.9 Å². The number of fused-ring (bicyclic) bond motifs is 1. The largest absolute Gasteiger partial charge is 0.375 e. The minimum absolute atomic E-state index is 0.0654. The summed E-state index contributed by atoms with van der Waals surface area (Å²) in [6.07, 6.45) is 2.76. The van der Waals surface area contributed by atoms with E-state index < -0.39 is 0 Å². The summed E-state index contributed by atoms with van der Waals surface area (Å²) in [5, 5.41) is 3.05. The first-order valence-corrected chi connectivity index (χ1v) is 14.3. The molecular formula is C34H33N3O2S. The van der Waals surface area contributed by atoms with Crippen LogP contribution in [0.2, 0.25) is 0 Å². The van der Waals surface area contributed by atoms with Crippen molar-refractivity contribution in [1.29, 1.82) is 0 Å². The average molecular weight is 548 g/mol. The maximum absolute atomic E-state index is 13.8. The van der Waals surface area contributed by atoms with Crippen molar-refractivity contribution >= 4 is 41.0 Å². The predicted octanol–water partition coefficient (Wildman–Crippen LogP) is 6.93. The zero-order chi connectivity index (χ0) is 27.9. The zero-order valence-electron chi connectivity index (χ0n) is 22.8. The van der Waals surface area contributed by atoms with Gasteiger partial charge in [-0.1, -0.05) is 90.1 Å². The van der Waals surface area contributed by atoms with Gasteiger partial charge in [-0.25, -0.2) is 0 Å². The molecule has 1 N–H and O–H groups in total. The topological polar surface area (TPSA) is 52.7 Å². The van der Waals surface area contributed by atoms with Crippen molar-refractivity contribution in [2.45, 2.75) is 24.8 Å². The molecule has 6 heteroatoms. The molecule has 1 aliphatic rings. The Morgan fingerprint density at radius 3 is 2.42 bits per heavy atom. The van der Waals surface area contributed by atoms with Crippen molar-refractivity contribution in [3.05, 3.63) is 130 Å². The lowest BCUT2D eigenvalue weighted by molar-refractivity contribution is -0.114. The molecule has 4 aromatic rings. The monoisotopic (exact) mass is 547 g/mol. The molecule has 0 fully saturated rings.